The van der Waals surface area contributed by atoms with Gasteiger partial charge in [-0.05, 0) is 38.5 Å². The lowest BCUT2D eigenvalue weighted by Crippen LogP contribution is -2.54. The third-order valence-electron chi connectivity index (χ3n) is 4.67. The van der Waals surface area contributed by atoms with Crippen LogP contribution < -0.4 is 0 Å². The van der Waals surface area contributed by atoms with Crippen LogP contribution >= 0.6 is 0 Å². The average molecular weight is 346 g/mol. The van der Waals surface area contributed by atoms with E-state index in [9.17, 15) is 9.90 Å². The molecule has 136 valence electrons. The average Bonchev–Trinajstić information content (AvgIpc) is 3.27. The van der Waals surface area contributed by atoms with E-state index >= 15 is 0 Å². The van der Waals surface area contributed by atoms with Gasteiger partial charge >= 0.3 is 0 Å². The molecule has 0 saturated carbocycles. The summed E-state index contributed by atoms with van der Waals surface area (Å²) >= 11 is 0. The number of aliphatic hydroxyl groups excluding tert-OH is 1. The Morgan fingerprint density at radius 1 is 1.40 bits per heavy atom. The fourth-order valence-electron chi connectivity index (χ4n) is 3.37. The molecule has 3 rings (SSSR count). The first kappa shape index (κ1) is 17.7. The van der Waals surface area contributed by atoms with E-state index in [4.69, 9.17) is 4.42 Å². The van der Waals surface area contributed by atoms with E-state index < -0.39 is 0 Å². The van der Waals surface area contributed by atoms with Gasteiger partial charge in [0.1, 0.15) is 11.5 Å². The van der Waals surface area contributed by atoms with Crippen molar-refractivity contribution < 1.29 is 14.3 Å². The molecular weight excluding hydrogens is 320 g/mol. The van der Waals surface area contributed by atoms with Crippen molar-refractivity contribution in [2.45, 2.75) is 38.9 Å². The Balaban J connectivity index is 1.70. The Morgan fingerprint density at radius 3 is 2.92 bits per heavy atom. The maximum atomic E-state index is 12.9. The van der Waals surface area contributed by atoms with Crippen LogP contribution in [0.5, 0.6) is 0 Å². The summed E-state index contributed by atoms with van der Waals surface area (Å²) in [7, 11) is 0. The molecule has 1 saturated heterocycles. The molecule has 2 aromatic rings. The van der Waals surface area contributed by atoms with Crippen LogP contribution in [-0.4, -0.2) is 62.9 Å². The number of amides is 1. The molecule has 7 heteroatoms. The quantitative estimate of drug-likeness (QED) is 0.863. The third-order valence-corrected chi connectivity index (χ3v) is 4.67. The van der Waals surface area contributed by atoms with E-state index in [0.29, 0.717) is 31.7 Å². The zero-order chi connectivity index (χ0) is 17.8. The first-order chi connectivity index (χ1) is 12.1. The van der Waals surface area contributed by atoms with Crippen molar-refractivity contribution in [2.75, 3.05) is 26.2 Å². The fourth-order valence-corrected chi connectivity index (χ4v) is 3.37. The molecule has 2 aromatic heterocycles. The number of carbonyl (C=O) groups is 1. The van der Waals surface area contributed by atoms with Gasteiger partial charge in [-0.25, -0.2) is 0 Å². The zero-order valence-corrected chi connectivity index (χ0v) is 14.8. The van der Waals surface area contributed by atoms with Crippen molar-refractivity contribution in [3.63, 3.8) is 0 Å². The second-order valence-corrected chi connectivity index (χ2v) is 6.72. The van der Waals surface area contributed by atoms with E-state index in [0.717, 1.165) is 12.3 Å². The van der Waals surface area contributed by atoms with Gasteiger partial charge in [-0.1, -0.05) is 0 Å². The minimum Gasteiger partial charge on any atom is -0.468 e. The van der Waals surface area contributed by atoms with Crippen molar-refractivity contribution in [3.8, 4) is 0 Å². The Bertz CT molecular complexity index is 680. The summed E-state index contributed by atoms with van der Waals surface area (Å²) in [4.78, 5) is 17.1. The highest BCUT2D eigenvalue weighted by atomic mass is 16.3. The monoisotopic (exact) mass is 346 g/mol. The normalized spacial score (nSPS) is 18.9. The van der Waals surface area contributed by atoms with Crippen LogP contribution in [0.1, 0.15) is 42.6 Å². The highest BCUT2D eigenvalue weighted by Crippen LogP contribution is 2.19. The number of nitrogens with zero attached hydrogens (tertiary/aromatic N) is 4. The molecule has 1 amide bonds. The van der Waals surface area contributed by atoms with E-state index in [1.165, 1.54) is 0 Å². The lowest BCUT2D eigenvalue weighted by molar-refractivity contribution is 0.0363. The van der Waals surface area contributed by atoms with Crippen molar-refractivity contribution in [3.05, 3.63) is 42.1 Å². The molecule has 1 fully saturated rings. The van der Waals surface area contributed by atoms with Gasteiger partial charge < -0.3 is 14.4 Å². The molecule has 1 N–H and O–H groups in total. The Kier molecular flexibility index (Phi) is 5.55. The first-order valence-electron chi connectivity index (χ1n) is 8.80. The maximum absolute atomic E-state index is 12.9. The van der Waals surface area contributed by atoms with Crippen LogP contribution in [0.15, 0.2) is 35.1 Å². The molecule has 7 nitrogen and oxygen atoms in total. The second-order valence-electron chi connectivity index (χ2n) is 6.72. The molecule has 0 spiro atoms. The van der Waals surface area contributed by atoms with Gasteiger partial charge in [0.25, 0.3) is 5.91 Å². The van der Waals surface area contributed by atoms with Gasteiger partial charge in [-0.15, -0.1) is 0 Å². The largest absolute Gasteiger partial charge is 0.468 e. The first-order valence-corrected chi connectivity index (χ1v) is 8.80. The lowest BCUT2D eigenvalue weighted by atomic mass is 10.1. The molecule has 3 heterocycles. The smallest absolute Gasteiger partial charge is 0.272 e. The minimum atomic E-state index is 0.00629. The van der Waals surface area contributed by atoms with Gasteiger partial charge in [-0.3, -0.25) is 14.4 Å². The number of hydrogen-bond donors (Lipinski definition) is 1. The predicted octanol–water partition coefficient (Wildman–Crippen LogP) is 1.77. The molecule has 1 unspecified atom stereocenters. The molecule has 25 heavy (non-hydrogen) atoms. The summed E-state index contributed by atoms with van der Waals surface area (Å²) in [6.45, 7) is 6.84. The number of carbonyl (C=O) groups excluding carboxylic acids is 1. The Labute approximate surface area is 147 Å². The molecular formula is C18H26N4O3. The van der Waals surface area contributed by atoms with Crippen molar-refractivity contribution in [2.24, 2.45) is 0 Å². The molecule has 0 aromatic carbocycles. The standard InChI is InChI=1S/C18H26N4O3/c1-14(2)22-17(5-7-19-22)18(24)21-9-8-20(15(12-21)6-10-23)13-16-4-3-11-25-16/h3-5,7,11,14-15,23H,6,8-10,12-13H2,1-2H3. The van der Waals surface area contributed by atoms with E-state index in [1.54, 1.807) is 23.2 Å². The van der Waals surface area contributed by atoms with Crippen LogP contribution in [0.2, 0.25) is 0 Å². The van der Waals surface area contributed by atoms with Crippen molar-refractivity contribution in [1.29, 1.82) is 0 Å². The zero-order valence-electron chi connectivity index (χ0n) is 14.8. The third kappa shape index (κ3) is 3.93. The van der Waals surface area contributed by atoms with Crippen LogP contribution in [0.4, 0.5) is 0 Å². The minimum absolute atomic E-state index is 0.00629. The topological polar surface area (TPSA) is 74.7 Å². The highest BCUT2D eigenvalue weighted by Gasteiger charge is 2.31. The summed E-state index contributed by atoms with van der Waals surface area (Å²) in [6.07, 6.45) is 3.97. The van der Waals surface area contributed by atoms with Crippen molar-refractivity contribution in [1.82, 2.24) is 19.6 Å². The lowest BCUT2D eigenvalue weighted by Gasteiger charge is -2.41. The van der Waals surface area contributed by atoms with E-state index in [-0.39, 0.29) is 24.6 Å². The predicted molar refractivity (Wildman–Crippen MR) is 93.1 cm³/mol. The Morgan fingerprint density at radius 2 is 2.24 bits per heavy atom. The summed E-state index contributed by atoms with van der Waals surface area (Å²) < 4.78 is 7.20. The number of rotatable bonds is 6. The SMILES string of the molecule is CC(C)n1nccc1C(=O)N1CCN(Cc2ccco2)C(CCO)C1. The summed E-state index contributed by atoms with van der Waals surface area (Å²) in [5.74, 6) is 0.910. The van der Waals surface area contributed by atoms with Gasteiger partial charge in [0, 0.05) is 44.5 Å². The van der Waals surface area contributed by atoms with Crippen LogP contribution in [0.3, 0.4) is 0 Å². The van der Waals surface area contributed by atoms with Crippen molar-refractivity contribution >= 4 is 5.91 Å². The number of furan rings is 1. The number of piperazine rings is 1. The molecule has 1 aliphatic rings. The highest BCUT2D eigenvalue weighted by molar-refractivity contribution is 5.92. The van der Waals surface area contributed by atoms with Crippen LogP contribution in [0, 0.1) is 0 Å². The van der Waals surface area contributed by atoms with Gasteiger partial charge in [0.2, 0.25) is 0 Å². The summed E-state index contributed by atoms with van der Waals surface area (Å²) in [6, 6.07) is 5.86. The summed E-state index contributed by atoms with van der Waals surface area (Å²) in [5.41, 5.74) is 0.622. The molecule has 0 bridgehead atoms. The number of aromatic nitrogens is 2. The fraction of sp³-hybridized carbons (Fsp3) is 0.556. The second kappa shape index (κ2) is 7.84. The molecule has 0 radical (unpaired) electrons. The van der Waals surface area contributed by atoms with Gasteiger partial charge in [-0.2, -0.15) is 5.10 Å². The van der Waals surface area contributed by atoms with Gasteiger partial charge in [0.15, 0.2) is 0 Å². The van der Waals surface area contributed by atoms with Crippen LogP contribution in [-0.2, 0) is 6.54 Å². The maximum Gasteiger partial charge on any atom is 0.272 e. The van der Waals surface area contributed by atoms with Gasteiger partial charge in [0.05, 0.1) is 12.8 Å². The van der Waals surface area contributed by atoms with E-state index in [1.807, 2.05) is 30.9 Å². The summed E-state index contributed by atoms with van der Waals surface area (Å²) in [5, 5.41) is 13.7. The molecule has 1 atom stereocenters. The molecule has 1 aliphatic heterocycles. The van der Waals surface area contributed by atoms with Crippen LogP contribution in [0.25, 0.3) is 0 Å². The number of aliphatic hydroxyl groups is 1. The van der Waals surface area contributed by atoms with E-state index in [2.05, 4.69) is 10.00 Å². The molecule has 0 aliphatic carbocycles. The Hall–Kier alpha value is -2.12. The number of hydrogen-bond acceptors (Lipinski definition) is 5.